The van der Waals surface area contributed by atoms with Gasteiger partial charge >= 0.3 is 0 Å². The third kappa shape index (κ3) is 3.82. The topological polar surface area (TPSA) is 70.5 Å². The number of aliphatic hydroxyl groups excluding tert-OH is 1. The molecule has 0 saturated carbocycles. The maximum Gasteiger partial charge on any atom is 0.300 e. The number of pyridine rings is 1. The predicted molar refractivity (Wildman–Crippen MR) is 121 cm³/mol. The highest BCUT2D eigenvalue weighted by molar-refractivity contribution is 6.51. The lowest BCUT2D eigenvalue weighted by Crippen LogP contribution is -2.29. The summed E-state index contributed by atoms with van der Waals surface area (Å²) in [7, 11) is 0. The Morgan fingerprint density at radius 3 is 2.29 bits per heavy atom. The second-order valence-electron chi connectivity index (χ2n) is 7.10. The number of carbonyl (C=O) groups is 2. The molecule has 3 aromatic rings. The SMILES string of the molecule is CCc1ccc(N2C(=O)C(=O)/C(=C(\O)c3ccc(Cl)c(Cl)c3)C2c2ccncc2)cc1. The number of ketones is 1. The van der Waals surface area contributed by atoms with Crippen molar-refractivity contribution in [3.8, 4) is 0 Å². The third-order valence-corrected chi connectivity index (χ3v) is 6.02. The number of hydrogen-bond acceptors (Lipinski definition) is 4. The van der Waals surface area contributed by atoms with Gasteiger partial charge in [0.1, 0.15) is 5.76 Å². The number of aryl methyl sites for hydroxylation is 1. The van der Waals surface area contributed by atoms with E-state index in [0.29, 0.717) is 21.8 Å². The quantitative estimate of drug-likeness (QED) is 0.318. The van der Waals surface area contributed by atoms with Crippen molar-refractivity contribution in [3.05, 3.63) is 99.3 Å². The van der Waals surface area contributed by atoms with E-state index in [1.807, 2.05) is 19.1 Å². The second-order valence-corrected chi connectivity index (χ2v) is 7.91. The molecule has 0 aliphatic carbocycles. The smallest absolute Gasteiger partial charge is 0.300 e. The normalized spacial score (nSPS) is 17.9. The number of rotatable bonds is 4. The van der Waals surface area contributed by atoms with Crippen LogP contribution in [0.4, 0.5) is 5.69 Å². The lowest BCUT2D eigenvalue weighted by molar-refractivity contribution is -0.132. The van der Waals surface area contributed by atoms with Crippen LogP contribution in [0.3, 0.4) is 0 Å². The lowest BCUT2D eigenvalue weighted by Gasteiger charge is -2.25. The molecule has 156 valence electrons. The molecule has 31 heavy (non-hydrogen) atoms. The van der Waals surface area contributed by atoms with Gasteiger partial charge in [0.05, 0.1) is 21.7 Å². The van der Waals surface area contributed by atoms with Crippen LogP contribution in [0.2, 0.25) is 10.0 Å². The van der Waals surface area contributed by atoms with E-state index in [0.717, 1.165) is 12.0 Å². The number of anilines is 1. The standard InChI is InChI=1S/C24H18Cl2N2O3/c1-2-14-3-6-17(7-4-14)28-21(15-9-11-27-12-10-15)20(23(30)24(28)31)22(29)16-5-8-18(25)19(26)13-16/h3-13,21,29H,2H2,1H3/b22-20-. The third-order valence-electron chi connectivity index (χ3n) is 5.28. The molecule has 1 aliphatic heterocycles. The van der Waals surface area contributed by atoms with Crippen molar-refractivity contribution in [2.24, 2.45) is 0 Å². The van der Waals surface area contributed by atoms with Crippen molar-refractivity contribution in [1.82, 2.24) is 4.98 Å². The van der Waals surface area contributed by atoms with Crippen molar-refractivity contribution < 1.29 is 14.7 Å². The zero-order chi connectivity index (χ0) is 22.1. The summed E-state index contributed by atoms with van der Waals surface area (Å²) in [5.41, 5.74) is 2.60. The monoisotopic (exact) mass is 452 g/mol. The highest BCUT2D eigenvalue weighted by atomic mass is 35.5. The van der Waals surface area contributed by atoms with Gasteiger partial charge in [0.25, 0.3) is 11.7 Å². The maximum atomic E-state index is 13.1. The zero-order valence-corrected chi connectivity index (χ0v) is 18.1. The Labute approximate surface area is 189 Å². The molecule has 0 spiro atoms. The Hall–Kier alpha value is -3.15. The first-order valence-corrected chi connectivity index (χ1v) is 10.4. The van der Waals surface area contributed by atoms with Gasteiger partial charge in [0, 0.05) is 23.6 Å². The number of aromatic nitrogens is 1. The number of hydrogen-bond donors (Lipinski definition) is 1. The van der Waals surface area contributed by atoms with Gasteiger partial charge in [-0.2, -0.15) is 0 Å². The number of aliphatic hydroxyl groups is 1. The van der Waals surface area contributed by atoms with Crippen molar-refractivity contribution in [1.29, 1.82) is 0 Å². The summed E-state index contributed by atoms with van der Waals surface area (Å²) in [6.07, 6.45) is 4.01. The maximum absolute atomic E-state index is 13.1. The largest absolute Gasteiger partial charge is 0.507 e. The van der Waals surface area contributed by atoms with Crippen molar-refractivity contribution in [3.63, 3.8) is 0 Å². The van der Waals surface area contributed by atoms with Crippen LogP contribution in [0.25, 0.3) is 5.76 Å². The molecule has 7 heteroatoms. The minimum absolute atomic E-state index is 0.0193. The molecule has 1 amide bonds. The van der Waals surface area contributed by atoms with Crippen molar-refractivity contribution in [2.45, 2.75) is 19.4 Å². The van der Waals surface area contributed by atoms with E-state index in [1.165, 1.54) is 17.0 Å². The van der Waals surface area contributed by atoms with E-state index < -0.39 is 17.7 Å². The highest BCUT2D eigenvalue weighted by Crippen LogP contribution is 2.42. The van der Waals surface area contributed by atoms with Crippen LogP contribution in [0.5, 0.6) is 0 Å². The fourth-order valence-electron chi connectivity index (χ4n) is 3.65. The molecule has 4 rings (SSSR count). The average molecular weight is 453 g/mol. The van der Waals surface area contributed by atoms with Gasteiger partial charge in [-0.3, -0.25) is 19.5 Å². The first-order valence-electron chi connectivity index (χ1n) is 9.67. The van der Waals surface area contributed by atoms with Crippen LogP contribution in [-0.4, -0.2) is 21.8 Å². The fourth-order valence-corrected chi connectivity index (χ4v) is 3.95. The van der Waals surface area contributed by atoms with Crippen molar-refractivity contribution >= 4 is 46.3 Å². The average Bonchev–Trinajstić information content (AvgIpc) is 3.06. The van der Waals surface area contributed by atoms with E-state index in [1.54, 1.807) is 42.7 Å². The summed E-state index contributed by atoms with van der Waals surface area (Å²) in [6.45, 7) is 2.04. The van der Waals surface area contributed by atoms with Crippen LogP contribution in [-0.2, 0) is 16.0 Å². The molecule has 1 N–H and O–H groups in total. The first-order chi connectivity index (χ1) is 14.9. The van der Waals surface area contributed by atoms with E-state index in [2.05, 4.69) is 4.98 Å². The minimum atomic E-state index is -0.815. The number of carbonyl (C=O) groups excluding carboxylic acids is 2. The number of halogens is 2. The van der Waals surface area contributed by atoms with Gasteiger partial charge in [0.15, 0.2) is 0 Å². The summed E-state index contributed by atoms with van der Waals surface area (Å²) in [4.78, 5) is 31.6. The summed E-state index contributed by atoms with van der Waals surface area (Å²) >= 11 is 12.1. The lowest BCUT2D eigenvalue weighted by atomic mass is 9.95. The van der Waals surface area contributed by atoms with E-state index in [4.69, 9.17) is 23.2 Å². The molecule has 1 aliphatic rings. The Kier molecular flexibility index (Phi) is 5.81. The fraction of sp³-hybridized carbons (Fsp3) is 0.125. The van der Waals surface area contributed by atoms with Gasteiger partial charge in [-0.25, -0.2) is 0 Å². The number of Topliss-reactive ketones (excluding diaryl/α,β-unsaturated/α-hetero) is 1. The Bertz CT molecular complexity index is 1190. The summed E-state index contributed by atoms with van der Waals surface area (Å²) in [5, 5.41) is 11.6. The van der Waals surface area contributed by atoms with Gasteiger partial charge in [-0.1, -0.05) is 42.3 Å². The molecule has 5 nitrogen and oxygen atoms in total. The summed E-state index contributed by atoms with van der Waals surface area (Å²) in [6, 6.07) is 14.6. The van der Waals surface area contributed by atoms with E-state index in [-0.39, 0.29) is 16.4 Å². The first kappa shape index (κ1) is 21.1. The highest BCUT2D eigenvalue weighted by Gasteiger charge is 2.46. The molecule has 1 atom stereocenters. The van der Waals surface area contributed by atoms with E-state index in [9.17, 15) is 14.7 Å². The number of nitrogens with zero attached hydrogens (tertiary/aromatic N) is 2. The molecule has 1 saturated heterocycles. The van der Waals surface area contributed by atoms with E-state index >= 15 is 0 Å². The van der Waals surface area contributed by atoms with Gasteiger partial charge in [0.2, 0.25) is 0 Å². The molecule has 1 fully saturated rings. The number of amides is 1. The molecule has 2 heterocycles. The van der Waals surface area contributed by atoms with Crippen LogP contribution < -0.4 is 4.90 Å². The van der Waals surface area contributed by atoms with Crippen LogP contribution >= 0.6 is 23.2 Å². The van der Waals surface area contributed by atoms with Crippen LogP contribution in [0, 0.1) is 0 Å². The summed E-state index contributed by atoms with van der Waals surface area (Å²) < 4.78 is 0. The zero-order valence-electron chi connectivity index (χ0n) is 16.5. The molecule has 0 bridgehead atoms. The van der Waals surface area contributed by atoms with Gasteiger partial charge in [-0.05, 0) is 60.0 Å². The number of benzene rings is 2. The van der Waals surface area contributed by atoms with Gasteiger partial charge in [-0.15, -0.1) is 0 Å². The van der Waals surface area contributed by atoms with Crippen molar-refractivity contribution in [2.75, 3.05) is 4.90 Å². The molecule has 1 aromatic heterocycles. The predicted octanol–water partition coefficient (Wildman–Crippen LogP) is 5.58. The molecular formula is C24H18Cl2N2O3. The Balaban J connectivity index is 1.92. The van der Waals surface area contributed by atoms with Crippen LogP contribution in [0.1, 0.15) is 29.7 Å². The Morgan fingerprint density at radius 2 is 1.68 bits per heavy atom. The molecule has 2 aromatic carbocycles. The minimum Gasteiger partial charge on any atom is -0.507 e. The van der Waals surface area contributed by atoms with Gasteiger partial charge < -0.3 is 5.11 Å². The van der Waals surface area contributed by atoms with Crippen LogP contribution in [0.15, 0.2) is 72.6 Å². The second kappa shape index (κ2) is 8.53. The molecule has 0 radical (unpaired) electrons. The Morgan fingerprint density at radius 1 is 1.00 bits per heavy atom. The molecular weight excluding hydrogens is 435 g/mol. The molecule has 1 unspecified atom stereocenters. The summed E-state index contributed by atoms with van der Waals surface area (Å²) in [5.74, 6) is -1.80.